The first-order valence-electron chi connectivity index (χ1n) is 10.2. The van der Waals surface area contributed by atoms with Gasteiger partial charge < -0.3 is 9.15 Å². The average Bonchev–Trinajstić information content (AvgIpc) is 3.42. The number of rotatable bonds is 5. The van der Waals surface area contributed by atoms with Gasteiger partial charge in [0.05, 0.1) is 37.4 Å². The minimum Gasteiger partial charge on any atom is -0.497 e. The first kappa shape index (κ1) is 20.0. The second-order valence-electron chi connectivity index (χ2n) is 7.80. The molecule has 0 spiro atoms. The van der Waals surface area contributed by atoms with Crippen molar-refractivity contribution in [2.75, 3.05) is 7.11 Å². The third-order valence-electron chi connectivity index (χ3n) is 5.74. The number of furan rings is 1. The van der Waals surface area contributed by atoms with Crippen LogP contribution in [0.5, 0.6) is 5.75 Å². The first-order chi connectivity index (χ1) is 15.5. The molecule has 1 fully saturated rings. The number of amides is 2. The molecule has 0 radical (unpaired) electrons. The summed E-state index contributed by atoms with van der Waals surface area (Å²) in [6.07, 6.45) is 5.47. The van der Waals surface area contributed by atoms with Crippen LogP contribution in [0.3, 0.4) is 0 Å². The Bertz CT molecular complexity index is 1320. The molecule has 1 N–H and O–H groups in total. The Hall–Kier alpha value is -3.94. The molecule has 5 rings (SSSR count). The van der Waals surface area contributed by atoms with Gasteiger partial charge in [-0.1, -0.05) is 12.1 Å². The molecule has 1 atom stereocenters. The summed E-state index contributed by atoms with van der Waals surface area (Å²) in [7, 11) is 1.62. The third kappa shape index (κ3) is 3.64. The Morgan fingerprint density at radius 1 is 1.22 bits per heavy atom. The second-order valence-corrected chi connectivity index (χ2v) is 7.80. The SMILES string of the molecule is COc1ccc(Cn2cc(-c3cc(F)c4c(C5CCC(=O)NC5=O)coc4c3)cn2)cc1. The lowest BCUT2D eigenvalue weighted by Crippen LogP contribution is -2.39. The van der Waals surface area contributed by atoms with E-state index in [2.05, 4.69) is 10.4 Å². The zero-order valence-electron chi connectivity index (χ0n) is 17.3. The predicted octanol–water partition coefficient (Wildman–Crippen LogP) is 4.01. The molecule has 3 heterocycles. The molecule has 1 saturated heterocycles. The number of hydrogen-bond donors (Lipinski definition) is 1. The van der Waals surface area contributed by atoms with E-state index in [1.165, 1.54) is 12.3 Å². The van der Waals surface area contributed by atoms with Crippen LogP contribution < -0.4 is 10.1 Å². The fourth-order valence-electron chi connectivity index (χ4n) is 4.07. The van der Waals surface area contributed by atoms with Crippen molar-refractivity contribution in [3.05, 3.63) is 72.0 Å². The Balaban J connectivity index is 1.42. The zero-order valence-corrected chi connectivity index (χ0v) is 17.3. The highest BCUT2D eigenvalue weighted by atomic mass is 19.1. The first-order valence-corrected chi connectivity index (χ1v) is 10.2. The average molecular weight is 433 g/mol. The second kappa shape index (κ2) is 7.96. The highest BCUT2D eigenvalue weighted by Crippen LogP contribution is 2.36. The molecular weight excluding hydrogens is 413 g/mol. The molecule has 2 aromatic carbocycles. The number of carbonyl (C=O) groups is 2. The van der Waals surface area contributed by atoms with Crippen LogP contribution in [0.4, 0.5) is 4.39 Å². The molecule has 1 aliphatic rings. The van der Waals surface area contributed by atoms with Crippen molar-refractivity contribution in [2.24, 2.45) is 0 Å². The Labute approximate surface area is 182 Å². The largest absolute Gasteiger partial charge is 0.497 e. The molecular formula is C24H20FN3O4. The van der Waals surface area contributed by atoms with Gasteiger partial charge in [0, 0.05) is 23.7 Å². The number of nitrogens with zero attached hydrogens (tertiary/aromatic N) is 2. The van der Waals surface area contributed by atoms with Crippen LogP contribution >= 0.6 is 0 Å². The van der Waals surface area contributed by atoms with E-state index in [9.17, 15) is 9.59 Å². The highest BCUT2D eigenvalue weighted by Gasteiger charge is 2.31. The van der Waals surface area contributed by atoms with E-state index < -0.39 is 17.6 Å². The zero-order chi connectivity index (χ0) is 22.2. The molecule has 2 amide bonds. The molecule has 1 unspecified atom stereocenters. The van der Waals surface area contributed by atoms with E-state index in [1.807, 2.05) is 30.5 Å². The molecule has 4 aromatic rings. The van der Waals surface area contributed by atoms with Crippen LogP contribution in [0.2, 0.25) is 0 Å². The summed E-state index contributed by atoms with van der Waals surface area (Å²) in [5, 5.41) is 6.96. The number of benzene rings is 2. The fourth-order valence-corrected chi connectivity index (χ4v) is 4.07. The maximum atomic E-state index is 15.1. The van der Waals surface area contributed by atoms with Crippen molar-refractivity contribution >= 4 is 22.8 Å². The highest BCUT2D eigenvalue weighted by molar-refractivity contribution is 6.03. The van der Waals surface area contributed by atoms with Gasteiger partial charge in [-0.25, -0.2) is 4.39 Å². The minimum atomic E-state index is -0.610. The minimum absolute atomic E-state index is 0.218. The summed E-state index contributed by atoms with van der Waals surface area (Å²) in [5.41, 5.74) is 3.24. The van der Waals surface area contributed by atoms with Crippen LogP contribution in [0.1, 0.15) is 29.9 Å². The van der Waals surface area contributed by atoms with E-state index >= 15 is 4.39 Å². The maximum absolute atomic E-state index is 15.1. The molecule has 32 heavy (non-hydrogen) atoms. The fraction of sp³-hybridized carbons (Fsp3) is 0.208. The van der Waals surface area contributed by atoms with Crippen molar-refractivity contribution in [1.82, 2.24) is 15.1 Å². The van der Waals surface area contributed by atoms with E-state index in [0.29, 0.717) is 29.7 Å². The number of nitrogens with one attached hydrogen (secondary N) is 1. The number of methoxy groups -OCH3 is 1. The molecule has 0 aliphatic carbocycles. The Kier molecular flexibility index (Phi) is 4.97. The van der Waals surface area contributed by atoms with Gasteiger partial charge in [-0.05, 0) is 41.8 Å². The quantitative estimate of drug-likeness (QED) is 0.481. The number of carbonyl (C=O) groups excluding carboxylic acids is 2. The van der Waals surface area contributed by atoms with Gasteiger partial charge in [-0.3, -0.25) is 19.6 Å². The molecule has 0 saturated carbocycles. The van der Waals surface area contributed by atoms with Gasteiger partial charge in [-0.2, -0.15) is 5.10 Å². The van der Waals surface area contributed by atoms with Gasteiger partial charge in [0.25, 0.3) is 0 Å². The lowest BCUT2D eigenvalue weighted by atomic mass is 9.90. The van der Waals surface area contributed by atoms with Crippen molar-refractivity contribution in [3.8, 4) is 16.9 Å². The van der Waals surface area contributed by atoms with Crippen molar-refractivity contribution in [2.45, 2.75) is 25.3 Å². The molecule has 1 aliphatic heterocycles. The van der Waals surface area contributed by atoms with E-state index in [1.54, 1.807) is 24.1 Å². The number of hydrogen-bond acceptors (Lipinski definition) is 5. The Morgan fingerprint density at radius 3 is 2.78 bits per heavy atom. The summed E-state index contributed by atoms with van der Waals surface area (Å²) in [6.45, 7) is 0.565. The standard InChI is InChI=1S/C24H20FN3O4/c1-31-17-4-2-14(3-5-17)11-28-12-16(10-26-28)15-8-20(25)23-19(13-32-21(23)9-15)18-6-7-22(29)27-24(18)30/h2-5,8-10,12-13,18H,6-7,11H2,1H3,(H,27,29,30). The van der Waals surface area contributed by atoms with Crippen LogP contribution in [0.25, 0.3) is 22.1 Å². The number of aromatic nitrogens is 2. The van der Waals surface area contributed by atoms with E-state index in [4.69, 9.17) is 9.15 Å². The van der Waals surface area contributed by atoms with Gasteiger partial charge in [-0.15, -0.1) is 0 Å². The van der Waals surface area contributed by atoms with Crippen LogP contribution in [-0.2, 0) is 16.1 Å². The van der Waals surface area contributed by atoms with E-state index in [0.717, 1.165) is 16.9 Å². The number of imide groups is 1. The number of ether oxygens (including phenoxy) is 1. The van der Waals surface area contributed by atoms with Crippen molar-refractivity contribution in [3.63, 3.8) is 0 Å². The van der Waals surface area contributed by atoms with Crippen molar-refractivity contribution in [1.29, 1.82) is 0 Å². The van der Waals surface area contributed by atoms with Crippen LogP contribution in [-0.4, -0.2) is 28.7 Å². The molecule has 162 valence electrons. The van der Waals surface area contributed by atoms with Crippen molar-refractivity contribution < 1.29 is 23.1 Å². The maximum Gasteiger partial charge on any atom is 0.234 e. The topological polar surface area (TPSA) is 86.4 Å². The summed E-state index contributed by atoms with van der Waals surface area (Å²) >= 11 is 0. The summed E-state index contributed by atoms with van der Waals surface area (Å²) in [6, 6.07) is 10.9. The number of piperidine rings is 1. The smallest absolute Gasteiger partial charge is 0.234 e. The lowest BCUT2D eigenvalue weighted by Gasteiger charge is -2.19. The Morgan fingerprint density at radius 2 is 2.03 bits per heavy atom. The van der Waals surface area contributed by atoms with Crippen LogP contribution in [0.15, 0.2) is 59.5 Å². The summed E-state index contributed by atoms with van der Waals surface area (Å²) in [4.78, 5) is 23.6. The van der Waals surface area contributed by atoms with Crippen LogP contribution in [0, 0.1) is 5.82 Å². The normalized spacial score (nSPS) is 16.4. The summed E-state index contributed by atoms with van der Waals surface area (Å²) in [5.74, 6) is -1.04. The molecule has 8 heteroatoms. The monoisotopic (exact) mass is 433 g/mol. The molecule has 7 nitrogen and oxygen atoms in total. The third-order valence-corrected chi connectivity index (χ3v) is 5.74. The molecule has 0 bridgehead atoms. The predicted molar refractivity (Wildman–Crippen MR) is 115 cm³/mol. The lowest BCUT2D eigenvalue weighted by molar-refractivity contribution is -0.134. The molecule has 2 aromatic heterocycles. The number of fused-ring (bicyclic) bond motifs is 1. The van der Waals surface area contributed by atoms with E-state index in [-0.39, 0.29) is 17.7 Å². The van der Waals surface area contributed by atoms with Gasteiger partial charge in [0.1, 0.15) is 17.1 Å². The van der Waals surface area contributed by atoms with Gasteiger partial charge in [0.2, 0.25) is 11.8 Å². The van der Waals surface area contributed by atoms with Gasteiger partial charge in [0.15, 0.2) is 0 Å². The van der Waals surface area contributed by atoms with Gasteiger partial charge >= 0.3 is 0 Å². The number of halogens is 1. The summed E-state index contributed by atoms with van der Waals surface area (Å²) < 4.78 is 27.7.